The number of rotatable bonds is 6. The van der Waals surface area contributed by atoms with Crippen LogP contribution in [0.1, 0.15) is 43.0 Å². The number of anilines is 2. The van der Waals surface area contributed by atoms with Gasteiger partial charge in [-0.05, 0) is 50.0 Å². The van der Waals surface area contributed by atoms with Crippen LogP contribution in [0.15, 0.2) is 12.3 Å². The van der Waals surface area contributed by atoms with E-state index in [0.717, 1.165) is 12.5 Å². The first-order valence-corrected chi connectivity index (χ1v) is 7.31. The molecule has 1 heterocycles. The number of hydrogen-bond donors (Lipinski definition) is 2. The maximum Gasteiger partial charge on any atom is 0.340 e. The van der Waals surface area contributed by atoms with Crippen LogP contribution >= 0.6 is 0 Å². The minimum atomic E-state index is -0.390. The van der Waals surface area contributed by atoms with Crippen LogP contribution in [0.25, 0.3) is 0 Å². The molecular weight excluding hydrogens is 254 g/mol. The second-order valence-corrected chi connectivity index (χ2v) is 5.87. The van der Waals surface area contributed by atoms with Gasteiger partial charge in [0.15, 0.2) is 0 Å². The van der Waals surface area contributed by atoms with Crippen molar-refractivity contribution in [1.29, 1.82) is 0 Å². The van der Waals surface area contributed by atoms with Gasteiger partial charge >= 0.3 is 5.97 Å². The summed E-state index contributed by atoms with van der Waals surface area (Å²) in [5.41, 5.74) is 7.02. The molecule has 1 aromatic heterocycles. The quantitative estimate of drug-likeness (QED) is 0.780. The number of nitrogens with zero attached hydrogens (tertiary/aromatic N) is 1. The molecule has 0 saturated heterocycles. The SMILES string of the molecule is CCOC(=O)c1cc(NCC2(C3CC3)CC2)ncc1N. The van der Waals surface area contributed by atoms with Crippen molar-refractivity contribution in [2.24, 2.45) is 11.3 Å². The number of carbonyl (C=O) groups is 1. The highest BCUT2D eigenvalue weighted by molar-refractivity contribution is 5.95. The van der Waals surface area contributed by atoms with E-state index in [-0.39, 0.29) is 0 Å². The number of hydrogen-bond acceptors (Lipinski definition) is 5. The van der Waals surface area contributed by atoms with E-state index in [9.17, 15) is 4.79 Å². The van der Waals surface area contributed by atoms with Crippen molar-refractivity contribution in [1.82, 2.24) is 4.98 Å². The zero-order valence-electron chi connectivity index (χ0n) is 11.8. The van der Waals surface area contributed by atoms with Crippen LogP contribution in [0.2, 0.25) is 0 Å². The molecule has 0 aliphatic heterocycles. The van der Waals surface area contributed by atoms with Gasteiger partial charge in [0.05, 0.1) is 24.1 Å². The molecule has 0 spiro atoms. The fraction of sp³-hybridized carbons (Fsp3) is 0.600. The number of aromatic nitrogens is 1. The predicted molar refractivity (Wildman–Crippen MR) is 77.5 cm³/mol. The number of nitrogens with two attached hydrogens (primary N) is 1. The zero-order chi connectivity index (χ0) is 14.2. The summed E-state index contributed by atoms with van der Waals surface area (Å²) >= 11 is 0. The van der Waals surface area contributed by atoms with Gasteiger partial charge in [-0.1, -0.05) is 0 Å². The third-order valence-electron chi connectivity index (χ3n) is 4.39. The van der Waals surface area contributed by atoms with Crippen LogP contribution in [0, 0.1) is 11.3 Å². The Kier molecular flexibility index (Phi) is 3.28. The van der Waals surface area contributed by atoms with E-state index in [1.165, 1.54) is 31.9 Å². The van der Waals surface area contributed by atoms with Gasteiger partial charge in [-0.2, -0.15) is 0 Å². The van der Waals surface area contributed by atoms with E-state index >= 15 is 0 Å². The normalized spacial score (nSPS) is 19.4. The minimum absolute atomic E-state index is 0.341. The van der Waals surface area contributed by atoms with Crippen LogP contribution in [0.4, 0.5) is 11.5 Å². The number of esters is 1. The Balaban J connectivity index is 1.67. The third-order valence-corrected chi connectivity index (χ3v) is 4.39. The molecule has 0 amide bonds. The molecule has 0 aromatic carbocycles. The molecule has 20 heavy (non-hydrogen) atoms. The van der Waals surface area contributed by atoms with E-state index in [2.05, 4.69) is 10.3 Å². The molecule has 2 aliphatic carbocycles. The van der Waals surface area contributed by atoms with Gasteiger partial charge in [0.1, 0.15) is 5.82 Å². The number of nitrogens with one attached hydrogen (secondary N) is 1. The van der Waals surface area contributed by atoms with Crippen molar-refractivity contribution < 1.29 is 9.53 Å². The Hall–Kier alpha value is -1.78. The highest BCUT2D eigenvalue weighted by atomic mass is 16.5. The van der Waals surface area contributed by atoms with Gasteiger partial charge in [0.25, 0.3) is 0 Å². The molecule has 1 aromatic rings. The van der Waals surface area contributed by atoms with Gasteiger partial charge < -0.3 is 15.8 Å². The number of ether oxygens (including phenoxy) is 1. The highest BCUT2D eigenvalue weighted by Crippen LogP contribution is 2.61. The van der Waals surface area contributed by atoms with E-state index in [1.807, 2.05) is 0 Å². The molecule has 2 aliphatic rings. The molecule has 3 rings (SSSR count). The lowest BCUT2D eigenvalue weighted by Gasteiger charge is -2.16. The zero-order valence-corrected chi connectivity index (χ0v) is 11.8. The van der Waals surface area contributed by atoms with Crippen molar-refractivity contribution in [3.63, 3.8) is 0 Å². The summed E-state index contributed by atoms with van der Waals surface area (Å²) in [5.74, 6) is 1.21. The van der Waals surface area contributed by atoms with Crippen molar-refractivity contribution in [2.45, 2.75) is 32.6 Å². The van der Waals surface area contributed by atoms with Crippen molar-refractivity contribution in [3.8, 4) is 0 Å². The molecule has 108 valence electrons. The van der Waals surface area contributed by atoms with Gasteiger partial charge in [-0.25, -0.2) is 9.78 Å². The lowest BCUT2D eigenvalue weighted by molar-refractivity contribution is 0.0527. The van der Waals surface area contributed by atoms with Gasteiger partial charge in [0, 0.05) is 6.54 Å². The number of pyridine rings is 1. The molecule has 5 heteroatoms. The van der Waals surface area contributed by atoms with Crippen LogP contribution < -0.4 is 11.1 Å². The Bertz CT molecular complexity index is 522. The highest BCUT2D eigenvalue weighted by Gasteiger charge is 2.53. The maximum atomic E-state index is 11.8. The van der Waals surface area contributed by atoms with Crippen LogP contribution in [-0.2, 0) is 4.74 Å². The molecule has 0 unspecified atom stereocenters. The molecule has 0 atom stereocenters. The smallest absolute Gasteiger partial charge is 0.340 e. The Morgan fingerprint density at radius 2 is 2.30 bits per heavy atom. The average molecular weight is 275 g/mol. The summed E-state index contributed by atoms with van der Waals surface area (Å²) in [6, 6.07) is 1.69. The molecule has 0 radical (unpaired) electrons. The van der Waals surface area contributed by atoms with Crippen molar-refractivity contribution in [2.75, 3.05) is 24.2 Å². The van der Waals surface area contributed by atoms with Crippen LogP contribution in [0.5, 0.6) is 0 Å². The van der Waals surface area contributed by atoms with E-state index in [4.69, 9.17) is 10.5 Å². The first kappa shape index (κ1) is 13.2. The fourth-order valence-corrected chi connectivity index (χ4v) is 2.80. The molecule has 2 saturated carbocycles. The molecular formula is C15H21N3O2. The Morgan fingerprint density at radius 3 is 2.90 bits per heavy atom. The monoisotopic (exact) mass is 275 g/mol. The van der Waals surface area contributed by atoms with E-state index < -0.39 is 5.97 Å². The molecule has 5 nitrogen and oxygen atoms in total. The second kappa shape index (κ2) is 4.96. The van der Waals surface area contributed by atoms with E-state index in [1.54, 1.807) is 13.0 Å². The second-order valence-electron chi connectivity index (χ2n) is 5.87. The topological polar surface area (TPSA) is 77.2 Å². The van der Waals surface area contributed by atoms with Gasteiger partial charge in [0.2, 0.25) is 0 Å². The summed E-state index contributed by atoms with van der Waals surface area (Å²) in [7, 11) is 0. The molecule has 2 fully saturated rings. The third kappa shape index (κ3) is 2.57. The molecule has 3 N–H and O–H groups in total. The first-order chi connectivity index (χ1) is 9.64. The lowest BCUT2D eigenvalue weighted by Crippen LogP contribution is -2.18. The Labute approximate surface area is 118 Å². The van der Waals surface area contributed by atoms with Crippen molar-refractivity contribution in [3.05, 3.63) is 17.8 Å². The van der Waals surface area contributed by atoms with Crippen LogP contribution in [-0.4, -0.2) is 24.1 Å². The summed E-state index contributed by atoms with van der Waals surface area (Å²) in [5, 5.41) is 3.36. The summed E-state index contributed by atoms with van der Waals surface area (Å²) in [4.78, 5) is 16.0. The summed E-state index contributed by atoms with van der Waals surface area (Å²) in [6.07, 6.45) is 6.87. The summed E-state index contributed by atoms with van der Waals surface area (Å²) < 4.78 is 5.00. The standard InChI is InChI=1S/C15H21N3O2/c1-2-20-14(19)11-7-13(17-8-12(11)16)18-9-15(5-6-15)10-3-4-10/h7-8,10H,2-6,9,16H2,1H3,(H,17,18). The Morgan fingerprint density at radius 1 is 1.55 bits per heavy atom. The average Bonchev–Trinajstić information content (AvgIpc) is 3.30. The lowest BCUT2D eigenvalue weighted by atomic mass is 10.0. The number of carbonyl (C=O) groups excluding carboxylic acids is 1. The summed E-state index contributed by atoms with van der Waals surface area (Å²) in [6.45, 7) is 3.06. The molecule has 0 bridgehead atoms. The maximum absolute atomic E-state index is 11.8. The predicted octanol–water partition coefficient (Wildman–Crippen LogP) is 2.44. The fourth-order valence-electron chi connectivity index (χ4n) is 2.80. The van der Waals surface area contributed by atoms with E-state index in [0.29, 0.717) is 29.1 Å². The largest absolute Gasteiger partial charge is 0.462 e. The first-order valence-electron chi connectivity index (χ1n) is 7.31. The number of nitrogen functional groups attached to an aromatic ring is 1. The minimum Gasteiger partial charge on any atom is -0.462 e. The van der Waals surface area contributed by atoms with Gasteiger partial charge in [-0.15, -0.1) is 0 Å². The van der Waals surface area contributed by atoms with Crippen LogP contribution in [0.3, 0.4) is 0 Å². The van der Waals surface area contributed by atoms with Gasteiger partial charge in [-0.3, -0.25) is 0 Å². The van der Waals surface area contributed by atoms with Crippen molar-refractivity contribution >= 4 is 17.5 Å².